The van der Waals surface area contributed by atoms with Gasteiger partial charge in [0.15, 0.2) is 5.13 Å². The second kappa shape index (κ2) is 4.24. The van der Waals surface area contributed by atoms with E-state index in [1.54, 1.807) is 0 Å². The van der Waals surface area contributed by atoms with Gasteiger partial charge in [-0.15, -0.1) is 0 Å². The van der Waals surface area contributed by atoms with E-state index >= 15 is 0 Å². The van der Waals surface area contributed by atoms with Crippen LogP contribution in [-0.4, -0.2) is 13.3 Å². The van der Waals surface area contributed by atoms with Crippen molar-refractivity contribution in [1.82, 2.24) is 4.98 Å². The van der Waals surface area contributed by atoms with Crippen LogP contribution in [0.2, 0.25) is 18.1 Å². The van der Waals surface area contributed by atoms with E-state index < -0.39 is 8.32 Å². The third-order valence-corrected chi connectivity index (χ3v) is 8.76. The van der Waals surface area contributed by atoms with Gasteiger partial charge >= 0.3 is 0 Å². The Hall–Kier alpha value is -1.07. The van der Waals surface area contributed by atoms with E-state index in [0.29, 0.717) is 5.13 Å². The Balaban J connectivity index is 2.32. The molecule has 0 saturated carbocycles. The number of hydrogen-bond acceptors (Lipinski definition) is 4. The minimum atomic E-state index is -1.77. The molecule has 0 amide bonds. The first-order chi connectivity index (χ1) is 8.19. The van der Waals surface area contributed by atoms with Gasteiger partial charge in [-0.05, 0) is 36.3 Å². The van der Waals surface area contributed by atoms with Crippen molar-refractivity contribution >= 4 is 35.0 Å². The summed E-state index contributed by atoms with van der Waals surface area (Å²) >= 11 is 1.50. The van der Waals surface area contributed by atoms with Gasteiger partial charge in [-0.25, -0.2) is 4.98 Å². The zero-order valence-electron chi connectivity index (χ0n) is 11.6. The van der Waals surface area contributed by atoms with Gasteiger partial charge in [0.1, 0.15) is 5.75 Å². The summed E-state index contributed by atoms with van der Waals surface area (Å²) in [7, 11) is -1.77. The first kappa shape index (κ1) is 13.4. The molecule has 2 aromatic rings. The molecule has 3 nitrogen and oxygen atoms in total. The van der Waals surface area contributed by atoms with Crippen molar-refractivity contribution < 1.29 is 4.43 Å². The van der Waals surface area contributed by atoms with Gasteiger partial charge in [-0.3, -0.25) is 0 Å². The van der Waals surface area contributed by atoms with Crippen LogP contribution in [0.15, 0.2) is 18.2 Å². The fourth-order valence-electron chi connectivity index (χ4n) is 1.43. The van der Waals surface area contributed by atoms with Gasteiger partial charge in [0.2, 0.25) is 8.32 Å². The van der Waals surface area contributed by atoms with Crippen molar-refractivity contribution in [3.05, 3.63) is 18.2 Å². The maximum atomic E-state index is 6.26. The summed E-state index contributed by atoms with van der Waals surface area (Å²) in [5.74, 6) is 0.928. The number of hydrogen-bond donors (Lipinski definition) is 1. The molecule has 5 heteroatoms. The first-order valence-electron chi connectivity index (χ1n) is 6.04. The van der Waals surface area contributed by atoms with E-state index in [-0.39, 0.29) is 5.04 Å². The summed E-state index contributed by atoms with van der Waals surface area (Å²) in [5, 5.41) is 0.809. The highest BCUT2D eigenvalue weighted by Crippen LogP contribution is 2.38. The molecule has 1 aromatic heterocycles. The average Bonchev–Trinajstić information content (AvgIpc) is 2.54. The Morgan fingerprint density at radius 2 is 1.94 bits per heavy atom. The van der Waals surface area contributed by atoms with E-state index in [1.807, 2.05) is 18.2 Å². The maximum absolute atomic E-state index is 6.26. The maximum Gasteiger partial charge on any atom is 0.250 e. The predicted octanol–water partition coefficient (Wildman–Crippen LogP) is 4.26. The van der Waals surface area contributed by atoms with Crippen LogP contribution in [0.1, 0.15) is 20.8 Å². The second-order valence-electron chi connectivity index (χ2n) is 6.04. The lowest BCUT2D eigenvalue weighted by atomic mass is 10.2. The summed E-state index contributed by atoms with van der Waals surface area (Å²) in [5.41, 5.74) is 6.66. The smallest absolute Gasteiger partial charge is 0.250 e. The molecule has 0 fully saturated rings. The minimum Gasteiger partial charge on any atom is -0.543 e. The molecule has 2 N–H and O–H groups in total. The van der Waals surface area contributed by atoms with E-state index in [9.17, 15) is 0 Å². The Morgan fingerprint density at radius 3 is 2.56 bits per heavy atom. The van der Waals surface area contributed by atoms with E-state index in [1.165, 1.54) is 11.3 Å². The number of aromatic nitrogens is 1. The number of nitrogens with two attached hydrogens (primary N) is 1. The van der Waals surface area contributed by atoms with Crippen molar-refractivity contribution in [3.63, 3.8) is 0 Å². The van der Waals surface area contributed by atoms with E-state index in [4.69, 9.17) is 10.2 Å². The topological polar surface area (TPSA) is 48.1 Å². The molecule has 1 heterocycles. The molecule has 1 aromatic carbocycles. The Morgan fingerprint density at radius 1 is 1.28 bits per heavy atom. The zero-order chi connectivity index (χ0) is 13.6. The van der Waals surface area contributed by atoms with Crippen molar-refractivity contribution in [2.24, 2.45) is 0 Å². The molecule has 2 rings (SSSR count). The lowest BCUT2D eigenvalue weighted by Crippen LogP contribution is -2.43. The Labute approximate surface area is 113 Å². The van der Waals surface area contributed by atoms with Crippen molar-refractivity contribution in [1.29, 1.82) is 0 Å². The molecular weight excluding hydrogens is 260 g/mol. The molecule has 0 atom stereocenters. The van der Waals surface area contributed by atoms with Crippen LogP contribution in [0.3, 0.4) is 0 Å². The molecule has 0 spiro atoms. The molecular formula is C13H20N2OSSi. The number of benzene rings is 1. The highest BCUT2D eigenvalue weighted by atomic mass is 32.1. The summed E-state index contributed by atoms with van der Waals surface area (Å²) in [6.45, 7) is 11.2. The van der Waals surface area contributed by atoms with Crippen LogP contribution < -0.4 is 10.2 Å². The quantitative estimate of drug-likeness (QED) is 0.836. The van der Waals surface area contributed by atoms with Gasteiger partial charge in [0, 0.05) is 0 Å². The summed E-state index contributed by atoms with van der Waals surface area (Å²) in [6, 6.07) is 6.01. The van der Waals surface area contributed by atoms with Crippen LogP contribution in [0.5, 0.6) is 5.75 Å². The average molecular weight is 280 g/mol. The van der Waals surface area contributed by atoms with Crippen LogP contribution in [0.4, 0.5) is 5.13 Å². The zero-order valence-corrected chi connectivity index (χ0v) is 13.4. The van der Waals surface area contributed by atoms with Crippen molar-refractivity contribution in [3.8, 4) is 5.75 Å². The number of thiazole rings is 1. The first-order valence-corrected chi connectivity index (χ1v) is 9.77. The highest BCUT2D eigenvalue weighted by molar-refractivity contribution is 7.22. The molecule has 0 unspecified atom stereocenters. The number of nitrogen functional groups attached to an aromatic ring is 1. The third-order valence-electron chi connectivity index (χ3n) is 3.56. The number of fused-ring (bicyclic) bond motifs is 1. The standard InChI is InChI=1S/C13H20N2OSSi/c1-13(2,3)18(4,5)16-9-6-7-10-11(8-9)17-12(14)15-10/h6-8H,1-5H3,(H2,14,15). The number of anilines is 1. The Kier molecular flexibility index (Phi) is 3.15. The van der Waals surface area contributed by atoms with Gasteiger partial charge < -0.3 is 10.2 Å². The minimum absolute atomic E-state index is 0.203. The van der Waals surface area contributed by atoms with Crippen LogP contribution >= 0.6 is 11.3 Å². The van der Waals surface area contributed by atoms with Gasteiger partial charge in [0.25, 0.3) is 0 Å². The molecule has 98 valence electrons. The molecule has 0 aliphatic rings. The highest BCUT2D eigenvalue weighted by Gasteiger charge is 2.38. The molecule has 0 saturated heterocycles. The predicted molar refractivity (Wildman–Crippen MR) is 81.9 cm³/mol. The SMILES string of the molecule is CC(C)(C)[Si](C)(C)Oc1ccc2nc(N)sc2c1. The molecule has 0 radical (unpaired) electrons. The van der Waals surface area contributed by atoms with Gasteiger partial charge in [-0.1, -0.05) is 32.1 Å². The summed E-state index contributed by atoms with van der Waals surface area (Å²) in [6.07, 6.45) is 0. The lowest BCUT2D eigenvalue weighted by Gasteiger charge is -2.36. The molecule has 0 bridgehead atoms. The van der Waals surface area contributed by atoms with Gasteiger partial charge in [-0.2, -0.15) is 0 Å². The monoisotopic (exact) mass is 280 g/mol. The van der Waals surface area contributed by atoms with E-state index in [2.05, 4.69) is 38.8 Å². The number of nitrogens with zero attached hydrogens (tertiary/aromatic N) is 1. The summed E-state index contributed by atoms with van der Waals surface area (Å²) in [4.78, 5) is 4.25. The Bertz CT molecular complexity index is 572. The fourth-order valence-corrected chi connectivity index (χ4v) is 3.22. The van der Waals surface area contributed by atoms with Crippen molar-refractivity contribution in [2.45, 2.75) is 38.9 Å². The normalized spacial score (nSPS) is 12.9. The summed E-state index contributed by atoms with van der Waals surface area (Å²) < 4.78 is 7.35. The largest absolute Gasteiger partial charge is 0.543 e. The fraction of sp³-hybridized carbons (Fsp3) is 0.462. The van der Waals surface area contributed by atoms with Crippen LogP contribution in [0.25, 0.3) is 10.2 Å². The van der Waals surface area contributed by atoms with E-state index in [0.717, 1.165) is 16.0 Å². The van der Waals surface area contributed by atoms with Crippen molar-refractivity contribution in [2.75, 3.05) is 5.73 Å². The molecule has 0 aliphatic heterocycles. The lowest BCUT2D eigenvalue weighted by molar-refractivity contribution is 0.493. The molecule has 18 heavy (non-hydrogen) atoms. The van der Waals surface area contributed by atoms with Crippen LogP contribution in [0, 0.1) is 0 Å². The second-order valence-corrected chi connectivity index (χ2v) is 11.8. The number of rotatable bonds is 2. The van der Waals surface area contributed by atoms with Crippen LogP contribution in [-0.2, 0) is 0 Å². The molecule has 0 aliphatic carbocycles. The van der Waals surface area contributed by atoms with Gasteiger partial charge in [0.05, 0.1) is 10.2 Å². The third kappa shape index (κ3) is 2.52.